The molecule has 0 saturated heterocycles. The van der Waals surface area contributed by atoms with E-state index in [0.717, 1.165) is 16.7 Å². The molecule has 36 heavy (non-hydrogen) atoms. The molecule has 6 N–H and O–H groups in total. The van der Waals surface area contributed by atoms with Crippen LogP contribution in [-0.4, -0.2) is 41.0 Å². The third-order valence-electron chi connectivity index (χ3n) is 6.41. The fourth-order valence-electron chi connectivity index (χ4n) is 3.61. The predicted molar refractivity (Wildman–Crippen MR) is 141 cm³/mol. The summed E-state index contributed by atoms with van der Waals surface area (Å²) in [5.41, 5.74) is 8.84. The summed E-state index contributed by atoms with van der Waals surface area (Å²) in [6.07, 6.45) is 0.858. The Morgan fingerprint density at radius 3 is 2.00 bits per heavy atom. The van der Waals surface area contributed by atoms with Gasteiger partial charge in [-0.2, -0.15) is 0 Å². The molecule has 0 radical (unpaired) electrons. The summed E-state index contributed by atoms with van der Waals surface area (Å²) in [6.45, 7) is 9.86. The Kier molecular flexibility index (Phi) is 10.9. The molecular formula is C28H40N4O4. The normalized spacial score (nSPS) is 14.4. The highest BCUT2D eigenvalue weighted by atomic mass is 16.3. The number of carbonyl (C=O) groups is 3. The molecule has 0 aromatic heterocycles. The number of benzene rings is 2. The largest absolute Gasteiger partial charge is 0.508 e. The van der Waals surface area contributed by atoms with Crippen LogP contribution in [0.1, 0.15) is 50.8 Å². The third-order valence-corrected chi connectivity index (χ3v) is 6.41. The Balaban J connectivity index is 2.18. The molecule has 0 fully saturated rings. The second kappa shape index (κ2) is 13.6. The van der Waals surface area contributed by atoms with Crippen LogP contribution in [0.4, 0.5) is 0 Å². The number of phenolic OH excluding ortho intramolecular Hbond substituents is 1. The van der Waals surface area contributed by atoms with Gasteiger partial charge in [-0.15, -0.1) is 0 Å². The first-order valence-electron chi connectivity index (χ1n) is 12.5. The Bertz CT molecular complexity index is 1010. The standard InChI is InChI=1S/C28H40N4O4/c1-6-19(5)25(28(36)30-16-21-9-7-18(4)8-10-21)32-26(34)23(31-27(35)24(29)17(2)3)15-20-11-13-22(33)14-12-20/h7-14,17,19,23-25,33H,6,15-16,29H2,1-5H3,(H,30,36)(H,31,35)(H,32,34)/t19?,23-,24-,25-/m0/s1. The van der Waals surface area contributed by atoms with Crippen molar-refractivity contribution in [2.45, 2.75) is 72.1 Å². The van der Waals surface area contributed by atoms with Crippen molar-refractivity contribution in [2.24, 2.45) is 17.6 Å². The first-order chi connectivity index (χ1) is 17.0. The van der Waals surface area contributed by atoms with Gasteiger partial charge in [-0.3, -0.25) is 14.4 Å². The molecule has 0 aliphatic rings. The van der Waals surface area contributed by atoms with Crippen molar-refractivity contribution in [1.29, 1.82) is 0 Å². The number of hydrogen-bond donors (Lipinski definition) is 5. The minimum atomic E-state index is -0.941. The second-order valence-corrected chi connectivity index (χ2v) is 9.78. The lowest BCUT2D eigenvalue weighted by Crippen LogP contribution is -2.58. The summed E-state index contributed by atoms with van der Waals surface area (Å²) in [5, 5.41) is 18.1. The van der Waals surface area contributed by atoms with Gasteiger partial charge in [-0.05, 0) is 42.0 Å². The summed E-state index contributed by atoms with van der Waals surface area (Å²) in [5.74, 6) is -1.33. The molecule has 0 spiro atoms. The average molecular weight is 497 g/mol. The van der Waals surface area contributed by atoms with Gasteiger partial charge in [0.25, 0.3) is 0 Å². The van der Waals surface area contributed by atoms with Crippen LogP contribution < -0.4 is 21.7 Å². The van der Waals surface area contributed by atoms with Gasteiger partial charge < -0.3 is 26.8 Å². The molecule has 0 aliphatic heterocycles. The van der Waals surface area contributed by atoms with Crippen LogP contribution >= 0.6 is 0 Å². The molecule has 2 aromatic rings. The molecule has 0 aliphatic carbocycles. The molecule has 196 valence electrons. The number of carbonyl (C=O) groups excluding carboxylic acids is 3. The van der Waals surface area contributed by atoms with E-state index < -0.39 is 29.9 Å². The van der Waals surface area contributed by atoms with Gasteiger partial charge in [0.05, 0.1) is 6.04 Å². The van der Waals surface area contributed by atoms with Gasteiger partial charge in [-0.25, -0.2) is 0 Å². The van der Waals surface area contributed by atoms with Crippen molar-refractivity contribution in [3.8, 4) is 5.75 Å². The van der Waals surface area contributed by atoms with Crippen molar-refractivity contribution in [1.82, 2.24) is 16.0 Å². The maximum atomic E-state index is 13.4. The summed E-state index contributed by atoms with van der Waals surface area (Å²) in [7, 11) is 0. The predicted octanol–water partition coefficient (Wildman–Crippen LogP) is 2.56. The monoisotopic (exact) mass is 496 g/mol. The van der Waals surface area contributed by atoms with Crippen LogP contribution in [0.15, 0.2) is 48.5 Å². The Morgan fingerprint density at radius 1 is 0.861 bits per heavy atom. The van der Waals surface area contributed by atoms with Crippen LogP contribution in [0.2, 0.25) is 0 Å². The van der Waals surface area contributed by atoms with Gasteiger partial charge in [0.1, 0.15) is 17.8 Å². The van der Waals surface area contributed by atoms with Gasteiger partial charge in [0, 0.05) is 13.0 Å². The number of phenols is 1. The van der Waals surface area contributed by atoms with E-state index in [0.29, 0.717) is 13.0 Å². The fourth-order valence-corrected chi connectivity index (χ4v) is 3.61. The minimum absolute atomic E-state index is 0.104. The zero-order valence-electron chi connectivity index (χ0n) is 21.9. The molecule has 8 heteroatoms. The molecule has 0 saturated carbocycles. The number of nitrogens with two attached hydrogens (primary N) is 1. The quantitative estimate of drug-likeness (QED) is 0.308. The summed E-state index contributed by atoms with van der Waals surface area (Å²) in [6, 6.07) is 11.8. The van der Waals surface area contributed by atoms with Gasteiger partial charge in [-0.1, -0.05) is 76.1 Å². The summed E-state index contributed by atoms with van der Waals surface area (Å²) < 4.78 is 0. The van der Waals surface area contributed by atoms with Crippen molar-refractivity contribution < 1.29 is 19.5 Å². The summed E-state index contributed by atoms with van der Waals surface area (Å²) >= 11 is 0. The van der Waals surface area contributed by atoms with Crippen molar-refractivity contribution >= 4 is 17.7 Å². The van der Waals surface area contributed by atoms with Crippen molar-refractivity contribution in [3.05, 3.63) is 65.2 Å². The summed E-state index contributed by atoms with van der Waals surface area (Å²) in [4.78, 5) is 39.2. The highest BCUT2D eigenvalue weighted by Crippen LogP contribution is 2.14. The van der Waals surface area contributed by atoms with Crippen molar-refractivity contribution in [3.63, 3.8) is 0 Å². The first-order valence-corrected chi connectivity index (χ1v) is 12.5. The lowest BCUT2D eigenvalue weighted by Gasteiger charge is -2.27. The van der Waals surface area contributed by atoms with Gasteiger partial charge >= 0.3 is 0 Å². The molecule has 3 amide bonds. The molecule has 8 nitrogen and oxygen atoms in total. The molecule has 2 aromatic carbocycles. The van der Waals surface area contributed by atoms with E-state index >= 15 is 0 Å². The smallest absolute Gasteiger partial charge is 0.243 e. The highest BCUT2D eigenvalue weighted by Gasteiger charge is 2.31. The zero-order chi connectivity index (χ0) is 26.8. The van der Waals surface area contributed by atoms with E-state index in [1.807, 2.05) is 58.9 Å². The van der Waals surface area contributed by atoms with Crippen LogP contribution in [0.3, 0.4) is 0 Å². The van der Waals surface area contributed by atoms with Crippen molar-refractivity contribution in [2.75, 3.05) is 0 Å². The number of hydrogen-bond acceptors (Lipinski definition) is 5. The highest BCUT2D eigenvalue weighted by molar-refractivity contribution is 5.93. The number of aryl methyl sites for hydroxylation is 1. The SMILES string of the molecule is CCC(C)[C@H](NC(=O)[C@H](Cc1ccc(O)cc1)NC(=O)[C@@H](N)C(C)C)C(=O)NCc1ccc(C)cc1. The maximum Gasteiger partial charge on any atom is 0.243 e. The number of rotatable bonds is 12. The van der Waals surface area contributed by atoms with Gasteiger partial charge in [0.2, 0.25) is 17.7 Å². The minimum Gasteiger partial charge on any atom is -0.508 e. The lowest BCUT2D eigenvalue weighted by molar-refractivity contribution is -0.133. The molecule has 0 heterocycles. The van der Waals surface area contributed by atoms with E-state index in [4.69, 9.17) is 5.73 Å². The maximum absolute atomic E-state index is 13.4. The van der Waals surface area contributed by atoms with E-state index in [2.05, 4.69) is 16.0 Å². The third kappa shape index (κ3) is 8.68. The Morgan fingerprint density at radius 2 is 1.44 bits per heavy atom. The lowest BCUT2D eigenvalue weighted by atomic mass is 9.96. The Labute approximate surface area is 214 Å². The van der Waals surface area contributed by atoms with E-state index in [-0.39, 0.29) is 29.9 Å². The van der Waals surface area contributed by atoms with E-state index in [1.54, 1.807) is 12.1 Å². The van der Waals surface area contributed by atoms with Crippen LogP contribution in [-0.2, 0) is 27.3 Å². The van der Waals surface area contributed by atoms with E-state index in [1.165, 1.54) is 12.1 Å². The molecular weight excluding hydrogens is 456 g/mol. The zero-order valence-corrected chi connectivity index (χ0v) is 21.9. The first kappa shape index (κ1) is 28.8. The van der Waals surface area contributed by atoms with Crippen LogP contribution in [0.5, 0.6) is 5.75 Å². The number of aromatic hydroxyl groups is 1. The molecule has 4 atom stereocenters. The molecule has 2 rings (SSSR count). The molecule has 1 unspecified atom stereocenters. The number of amides is 3. The second-order valence-electron chi connectivity index (χ2n) is 9.78. The fraction of sp³-hybridized carbons (Fsp3) is 0.464. The topological polar surface area (TPSA) is 134 Å². The van der Waals surface area contributed by atoms with Crippen LogP contribution in [0.25, 0.3) is 0 Å². The average Bonchev–Trinajstić information content (AvgIpc) is 2.86. The van der Waals surface area contributed by atoms with Gasteiger partial charge in [0.15, 0.2) is 0 Å². The Hall–Kier alpha value is -3.39. The van der Waals surface area contributed by atoms with Crippen LogP contribution in [0, 0.1) is 18.8 Å². The van der Waals surface area contributed by atoms with E-state index in [9.17, 15) is 19.5 Å². The number of nitrogens with one attached hydrogen (secondary N) is 3. The molecule has 0 bridgehead atoms.